The highest BCUT2D eigenvalue weighted by atomic mass is 19.1. The number of hydrogen-bond donors (Lipinski definition) is 2. The molecule has 138 valence electrons. The van der Waals surface area contributed by atoms with Gasteiger partial charge in [-0.05, 0) is 55.5 Å². The van der Waals surface area contributed by atoms with Gasteiger partial charge in [0, 0.05) is 37.1 Å². The van der Waals surface area contributed by atoms with E-state index in [-0.39, 0.29) is 11.7 Å². The normalized spacial score (nSPS) is 10.4. The topological polar surface area (TPSA) is 70.2 Å². The predicted molar refractivity (Wildman–Crippen MR) is 105 cm³/mol. The van der Waals surface area contributed by atoms with Crippen LogP contribution in [0.15, 0.2) is 54.6 Å². The number of hydrogen-bond acceptors (Lipinski definition) is 5. The first-order chi connectivity index (χ1) is 12.9. The Morgan fingerprint density at radius 2 is 1.59 bits per heavy atom. The predicted octanol–water partition coefficient (Wildman–Crippen LogP) is 3.99. The fourth-order valence-corrected chi connectivity index (χ4v) is 2.43. The summed E-state index contributed by atoms with van der Waals surface area (Å²) in [6, 6.07) is 14.5. The summed E-state index contributed by atoms with van der Waals surface area (Å²) in [5, 5.41) is 6.01. The van der Waals surface area contributed by atoms with Crippen LogP contribution in [0.5, 0.6) is 0 Å². The summed E-state index contributed by atoms with van der Waals surface area (Å²) in [5.74, 6) is 1.51. The lowest BCUT2D eigenvalue weighted by Crippen LogP contribution is -2.12. The average Bonchev–Trinajstić information content (AvgIpc) is 2.63. The molecule has 3 aromatic rings. The van der Waals surface area contributed by atoms with Crippen molar-refractivity contribution < 1.29 is 9.18 Å². The highest BCUT2D eigenvalue weighted by Gasteiger charge is 2.07. The Bertz CT molecular complexity index is 940. The van der Waals surface area contributed by atoms with Gasteiger partial charge in [-0.1, -0.05) is 0 Å². The molecule has 0 aliphatic rings. The van der Waals surface area contributed by atoms with Crippen LogP contribution in [0.3, 0.4) is 0 Å². The number of carbonyl (C=O) groups excluding carboxylic acids is 1. The summed E-state index contributed by atoms with van der Waals surface area (Å²) in [6.45, 7) is 1.84. The minimum atomic E-state index is -0.376. The second-order valence-electron chi connectivity index (χ2n) is 6.22. The summed E-state index contributed by atoms with van der Waals surface area (Å²) < 4.78 is 12.9. The van der Waals surface area contributed by atoms with Gasteiger partial charge in [0.1, 0.15) is 23.3 Å². The van der Waals surface area contributed by atoms with E-state index in [1.807, 2.05) is 44.1 Å². The van der Waals surface area contributed by atoms with E-state index in [0.717, 1.165) is 11.5 Å². The number of amides is 1. The van der Waals surface area contributed by atoms with Crippen molar-refractivity contribution in [1.29, 1.82) is 0 Å². The average molecular weight is 365 g/mol. The van der Waals surface area contributed by atoms with Gasteiger partial charge in [0.25, 0.3) is 5.91 Å². The monoisotopic (exact) mass is 365 g/mol. The van der Waals surface area contributed by atoms with Crippen molar-refractivity contribution in [2.24, 2.45) is 0 Å². The van der Waals surface area contributed by atoms with E-state index in [0.29, 0.717) is 22.9 Å². The van der Waals surface area contributed by atoms with E-state index in [2.05, 4.69) is 20.6 Å². The van der Waals surface area contributed by atoms with Crippen molar-refractivity contribution in [3.63, 3.8) is 0 Å². The molecule has 0 spiro atoms. The molecular formula is C20H20FN5O. The van der Waals surface area contributed by atoms with E-state index in [1.165, 1.54) is 24.3 Å². The third-order valence-corrected chi connectivity index (χ3v) is 3.80. The van der Waals surface area contributed by atoms with Crippen LogP contribution in [0.4, 0.5) is 27.4 Å². The minimum absolute atomic E-state index is 0.294. The van der Waals surface area contributed by atoms with E-state index in [4.69, 9.17) is 0 Å². The lowest BCUT2D eigenvalue weighted by atomic mass is 10.2. The van der Waals surface area contributed by atoms with Crippen LogP contribution in [0.2, 0.25) is 0 Å². The van der Waals surface area contributed by atoms with E-state index < -0.39 is 0 Å². The first-order valence-corrected chi connectivity index (χ1v) is 8.38. The van der Waals surface area contributed by atoms with Crippen molar-refractivity contribution in [2.75, 3.05) is 29.6 Å². The maximum Gasteiger partial charge on any atom is 0.255 e. The molecule has 27 heavy (non-hydrogen) atoms. The third kappa shape index (κ3) is 4.78. The standard InChI is InChI=1S/C20H20FN5O/c1-13-22-18(12-19(23-13)26(2)3)24-16-8-10-17(11-9-16)25-20(27)14-4-6-15(21)7-5-14/h4-12H,1-3H3,(H,25,27)(H,22,23,24). The Balaban J connectivity index is 1.68. The van der Waals surface area contributed by atoms with Crippen LogP contribution < -0.4 is 15.5 Å². The molecule has 0 aliphatic heterocycles. The largest absolute Gasteiger partial charge is 0.363 e. The van der Waals surface area contributed by atoms with Crippen LogP contribution in [0.25, 0.3) is 0 Å². The number of carbonyl (C=O) groups is 1. The van der Waals surface area contributed by atoms with Crippen LogP contribution in [-0.4, -0.2) is 30.0 Å². The Labute approximate surface area is 157 Å². The maximum atomic E-state index is 12.9. The Morgan fingerprint density at radius 1 is 0.963 bits per heavy atom. The number of rotatable bonds is 5. The molecule has 0 unspecified atom stereocenters. The zero-order valence-electron chi connectivity index (χ0n) is 15.3. The molecule has 0 saturated heterocycles. The molecular weight excluding hydrogens is 345 g/mol. The Hall–Kier alpha value is -3.48. The summed E-state index contributed by atoms with van der Waals surface area (Å²) in [7, 11) is 3.84. The molecule has 0 bridgehead atoms. The molecule has 2 aromatic carbocycles. The van der Waals surface area contributed by atoms with Gasteiger partial charge >= 0.3 is 0 Å². The van der Waals surface area contributed by atoms with Crippen molar-refractivity contribution in [2.45, 2.75) is 6.92 Å². The number of nitrogens with zero attached hydrogens (tertiary/aromatic N) is 3. The van der Waals surface area contributed by atoms with Gasteiger partial charge in [0.15, 0.2) is 0 Å². The van der Waals surface area contributed by atoms with Crippen molar-refractivity contribution in [1.82, 2.24) is 9.97 Å². The van der Waals surface area contributed by atoms with Crippen molar-refractivity contribution in [3.05, 3.63) is 71.8 Å². The van der Waals surface area contributed by atoms with Gasteiger partial charge in [0.05, 0.1) is 0 Å². The number of aromatic nitrogens is 2. The highest BCUT2D eigenvalue weighted by molar-refractivity contribution is 6.04. The maximum absolute atomic E-state index is 12.9. The number of halogens is 1. The Kier molecular flexibility index (Phi) is 5.30. The van der Waals surface area contributed by atoms with Gasteiger partial charge < -0.3 is 15.5 Å². The van der Waals surface area contributed by atoms with Gasteiger partial charge in [-0.25, -0.2) is 14.4 Å². The van der Waals surface area contributed by atoms with Crippen molar-refractivity contribution >= 4 is 28.9 Å². The number of benzene rings is 2. The summed E-state index contributed by atoms with van der Waals surface area (Å²) in [5.41, 5.74) is 1.87. The quantitative estimate of drug-likeness (QED) is 0.716. The second-order valence-corrected chi connectivity index (χ2v) is 6.22. The van der Waals surface area contributed by atoms with Gasteiger partial charge in [0.2, 0.25) is 0 Å². The molecule has 0 radical (unpaired) electrons. The minimum Gasteiger partial charge on any atom is -0.363 e. The first-order valence-electron chi connectivity index (χ1n) is 8.38. The molecule has 0 fully saturated rings. The number of aryl methyl sites for hydroxylation is 1. The molecule has 3 rings (SSSR count). The zero-order valence-corrected chi connectivity index (χ0v) is 15.3. The number of anilines is 4. The molecule has 0 atom stereocenters. The zero-order chi connectivity index (χ0) is 19.4. The Morgan fingerprint density at radius 3 is 2.22 bits per heavy atom. The van der Waals surface area contributed by atoms with Crippen LogP contribution >= 0.6 is 0 Å². The molecule has 1 aromatic heterocycles. The van der Waals surface area contributed by atoms with E-state index in [9.17, 15) is 9.18 Å². The molecule has 0 saturated carbocycles. The fraction of sp³-hybridized carbons (Fsp3) is 0.150. The van der Waals surface area contributed by atoms with Gasteiger partial charge in [-0.3, -0.25) is 4.79 Å². The molecule has 6 nitrogen and oxygen atoms in total. The fourth-order valence-electron chi connectivity index (χ4n) is 2.43. The first kappa shape index (κ1) is 18.3. The van der Waals surface area contributed by atoms with Crippen LogP contribution in [0, 0.1) is 12.7 Å². The van der Waals surface area contributed by atoms with Gasteiger partial charge in [-0.2, -0.15) is 0 Å². The number of nitrogens with one attached hydrogen (secondary N) is 2. The summed E-state index contributed by atoms with van der Waals surface area (Å²) >= 11 is 0. The van der Waals surface area contributed by atoms with Crippen LogP contribution in [0.1, 0.15) is 16.2 Å². The smallest absolute Gasteiger partial charge is 0.255 e. The molecule has 7 heteroatoms. The molecule has 1 amide bonds. The SMILES string of the molecule is Cc1nc(Nc2ccc(NC(=O)c3ccc(F)cc3)cc2)cc(N(C)C)n1. The molecule has 2 N–H and O–H groups in total. The lowest BCUT2D eigenvalue weighted by molar-refractivity contribution is 0.102. The third-order valence-electron chi connectivity index (χ3n) is 3.80. The summed E-state index contributed by atoms with van der Waals surface area (Å²) in [6.07, 6.45) is 0. The second kappa shape index (κ2) is 7.82. The van der Waals surface area contributed by atoms with E-state index in [1.54, 1.807) is 12.1 Å². The highest BCUT2D eigenvalue weighted by Crippen LogP contribution is 2.20. The molecule has 1 heterocycles. The molecule has 0 aliphatic carbocycles. The van der Waals surface area contributed by atoms with Crippen LogP contribution in [-0.2, 0) is 0 Å². The summed E-state index contributed by atoms with van der Waals surface area (Å²) in [4.78, 5) is 22.8. The van der Waals surface area contributed by atoms with E-state index >= 15 is 0 Å². The van der Waals surface area contributed by atoms with Crippen molar-refractivity contribution in [3.8, 4) is 0 Å². The lowest BCUT2D eigenvalue weighted by Gasteiger charge is -2.14. The van der Waals surface area contributed by atoms with Gasteiger partial charge in [-0.15, -0.1) is 0 Å².